The van der Waals surface area contributed by atoms with E-state index in [0.29, 0.717) is 11.3 Å². The molecule has 0 aliphatic carbocycles. The van der Waals surface area contributed by atoms with Crippen molar-refractivity contribution in [3.05, 3.63) is 15.6 Å². The summed E-state index contributed by atoms with van der Waals surface area (Å²) in [5, 5.41) is 17.1. The number of carboxylic acids is 2. The summed E-state index contributed by atoms with van der Waals surface area (Å²) in [7, 11) is 1.07. The third-order valence-corrected chi connectivity index (χ3v) is 2.52. The summed E-state index contributed by atoms with van der Waals surface area (Å²) in [4.78, 5) is 19.9. The maximum atomic E-state index is 13.1. The van der Waals surface area contributed by atoms with E-state index in [-0.39, 0.29) is 0 Å². The molecule has 76 valence electrons. The molecule has 0 aliphatic heterocycles. The first-order valence-electron chi connectivity index (χ1n) is 3.32. The second-order valence-electron chi connectivity index (χ2n) is 2.22. The van der Waals surface area contributed by atoms with Crippen LogP contribution in [-0.4, -0.2) is 29.3 Å². The summed E-state index contributed by atoms with van der Waals surface area (Å²) in [6, 6.07) is 0. The molecule has 0 atom stereocenters. The van der Waals surface area contributed by atoms with E-state index < -0.39 is 33.3 Å². The van der Waals surface area contributed by atoms with Gasteiger partial charge in [-0.3, -0.25) is 0 Å². The highest BCUT2D eigenvalue weighted by atomic mass is 32.1. The van der Waals surface area contributed by atoms with Crippen molar-refractivity contribution in [3.63, 3.8) is 0 Å². The number of ether oxygens (including phenoxy) is 1. The molecule has 0 aliphatic rings. The van der Waals surface area contributed by atoms with E-state index in [0.717, 1.165) is 7.11 Å². The van der Waals surface area contributed by atoms with Gasteiger partial charge in [-0.05, 0) is 0 Å². The summed E-state index contributed by atoms with van der Waals surface area (Å²) >= 11 is 0.328. The smallest absolute Gasteiger partial charge is 0.349 e. The van der Waals surface area contributed by atoms with Crippen LogP contribution in [-0.2, 0) is 0 Å². The molecule has 0 radical (unpaired) electrons. The fourth-order valence-corrected chi connectivity index (χ4v) is 1.68. The topological polar surface area (TPSA) is 83.8 Å². The van der Waals surface area contributed by atoms with Gasteiger partial charge in [-0.1, -0.05) is 0 Å². The van der Waals surface area contributed by atoms with Crippen molar-refractivity contribution in [1.29, 1.82) is 0 Å². The van der Waals surface area contributed by atoms with Crippen LogP contribution < -0.4 is 4.74 Å². The lowest BCUT2D eigenvalue weighted by atomic mass is 10.3. The lowest BCUT2D eigenvalue weighted by molar-refractivity contribution is 0.0686. The Morgan fingerprint density at radius 1 is 1.29 bits per heavy atom. The molecular weight excluding hydrogens is 215 g/mol. The van der Waals surface area contributed by atoms with E-state index in [9.17, 15) is 14.0 Å². The van der Waals surface area contributed by atoms with Crippen molar-refractivity contribution < 1.29 is 28.9 Å². The van der Waals surface area contributed by atoms with E-state index in [1.807, 2.05) is 0 Å². The molecule has 0 aromatic carbocycles. The van der Waals surface area contributed by atoms with Gasteiger partial charge in [0.05, 0.1) is 7.11 Å². The Morgan fingerprint density at radius 2 is 1.79 bits per heavy atom. The van der Waals surface area contributed by atoms with Crippen LogP contribution in [0, 0.1) is 5.82 Å². The number of thiophene rings is 1. The van der Waals surface area contributed by atoms with Crippen molar-refractivity contribution in [1.82, 2.24) is 0 Å². The number of methoxy groups -OCH3 is 1. The van der Waals surface area contributed by atoms with Gasteiger partial charge in [0.15, 0.2) is 21.3 Å². The van der Waals surface area contributed by atoms with Crippen LogP contribution in [0.4, 0.5) is 4.39 Å². The van der Waals surface area contributed by atoms with E-state index >= 15 is 0 Å². The van der Waals surface area contributed by atoms with Crippen molar-refractivity contribution in [3.8, 4) is 5.75 Å². The summed E-state index contributed by atoms with van der Waals surface area (Å²) in [5.74, 6) is -4.63. The molecule has 1 aromatic heterocycles. The maximum absolute atomic E-state index is 13.1. The third kappa shape index (κ3) is 1.53. The first-order valence-corrected chi connectivity index (χ1v) is 4.13. The van der Waals surface area contributed by atoms with E-state index in [4.69, 9.17) is 10.2 Å². The lowest BCUT2D eigenvalue weighted by Crippen LogP contribution is -1.97. The predicted molar refractivity (Wildman–Crippen MR) is 44.7 cm³/mol. The van der Waals surface area contributed by atoms with E-state index in [1.54, 1.807) is 0 Å². The standard InChI is InChI=1S/C7H5FO5S/c1-13-3-2(8)4(6(9)10)14-5(3)7(11)12/h1H3,(H,9,10)(H,11,12). The Hall–Kier alpha value is -1.63. The summed E-state index contributed by atoms with van der Waals surface area (Å²) < 4.78 is 17.6. The number of rotatable bonds is 3. The van der Waals surface area contributed by atoms with Crippen LogP contribution in [0.2, 0.25) is 0 Å². The fraction of sp³-hybridized carbons (Fsp3) is 0.143. The molecule has 1 heterocycles. The molecular formula is C7H5FO5S. The second-order valence-corrected chi connectivity index (χ2v) is 3.24. The van der Waals surface area contributed by atoms with Gasteiger partial charge in [-0.2, -0.15) is 0 Å². The Balaban J connectivity index is 3.39. The Morgan fingerprint density at radius 3 is 2.07 bits per heavy atom. The first-order chi connectivity index (χ1) is 6.49. The summed E-state index contributed by atoms with van der Waals surface area (Å²) in [5.41, 5.74) is 0. The molecule has 14 heavy (non-hydrogen) atoms. The van der Waals surface area contributed by atoms with Gasteiger partial charge in [0.25, 0.3) is 0 Å². The molecule has 0 unspecified atom stereocenters. The van der Waals surface area contributed by atoms with Gasteiger partial charge in [-0.25, -0.2) is 14.0 Å². The molecule has 0 saturated heterocycles. The van der Waals surface area contributed by atoms with Gasteiger partial charge in [-0.15, -0.1) is 11.3 Å². The number of carbonyl (C=O) groups is 2. The van der Waals surface area contributed by atoms with Crippen molar-refractivity contribution in [2.75, 3.05) is 7.11 Å². The predicted octanol–water partition coefficient (Wildman–Crippen LogP) is 1.29. The number of aromatic carboxylic acids is 2. The zero-order chi connectivity index (χ0) is 10.9. The number of hydrogen-bond donors (Lipinski definition) is 2. The molecule has 2 N–H and O–H groups in total. The van der Waals surface area contributed by atoms with Crippen LogP contribution >= 0.6 is 11.3 Å². The van der Waals surface area contributed by atoms with E-state index in [1.165, 1.54) is 0 Å². The monoisotopic (exact) mass is 220 g/mol. The lowest BCUT2D eigenvalue weighted by Gasteiger charge is -1.96. The Kier molecular flexibility index (Phi) is 2.70. The molecule has 0 saturated carbocycles. The van der Waals surface area contributed by atoms with Crippen LogP contribution in [0.5, 0.6) is 5.75 Å². The van der Waals surface area contributed by atoms with E-state index in [2.05, 4.69) is 4.74 Å². The fourth-order valence-electron chi connectivity index (χ4n) is 0.857. The molecule has 1 aromatic rings. The normalized spacial score (nSPS) is 9.86. The van der Waals surface area contributed by atoms with Gasteiger partial charge in [0, 0.05) is 0 Å². The van der Waals surface area contributed by atoms with Crippen LogP contribution in [0.3, 0.4) is 0 Å². The quantitative estimate of drug-likeness (QED) is 0.801. The molecule has 0 amide bonds. The second kappa shape index (κ2) is 3.62. The van der Waals surface area contributed by atoms with Crippen LogP contribution in [0.25, 0.3) is 0 Å². The van der Waals surface area contributed by atoms with Crippen molar-refractivity contribution >= 4 is 23.3 Å². The van der Waals surface area contributed by atoms with Gasteiger partial charge < -0.3 is 14.9 Å². The Labute approximate surface area is 81.4 Å². The van der Waals surface area contributed by atoms with Gasteiger partial charge in [0.1, 0.15) is 0 Å². The highest BCUT2D eigenvalue weighted by Gasteiger charge is 2.27. The maximum Gasteiger partial charge on any atom is 0.349 e. The molecule has 0 bridgehead atoms. The zero-order valence-corrected chi connectivity index (χ0v) is 7.72. The highest BCUT2D eigenvalue weighted by molar-refractivity contribution is 7.16. The Bertz CT molecular complexity index is 397. The molecule has 1 rings (SSSR count). The highest BCUT2D eigenvalue weighted by Crippen LogP contribution is 2.33. The van der Waals surface area contributed by atoms with Crippen molar-refractivity contribution in [2.45, 2.75) is 0 Å². The molecule has 0 spiro atoms. The average Bonchev–Trinajstić information content (AvgIpc) is 2.42. The third-order valence-electron chi connectivity index (χ3n) is 1.40. The van der Waals surface area contributed by atoms with Gasteiger partial charge in [0.2, 0.25) is 0 Å². The van der Waals surface area contributed by atoms with Crippen LogP contribution in [0.15, 0.2) is 0 Å². The first kappa shape index (κ1) is 10.5. The number of hydrogen-bond acceptors (Lipinski definition) is 4. The summed E-state index contributed by atoms with van der Waals surface area (Å²) in [6.07, 6.45) is 0. The molecule has 0 fully saturated rings. The SMILES string of the molecule is COc1c(C(=O)O)sc(C(=O)O)c1F. The zero-order valence-electron chi connectivity index (χ0n) is 6.91. The minimum absolute atomic E-state index is 0.328. The van der Waals surface area contributed by atoms with Gasteiger partial charge >= 0.3 is 11.9 Å². The largest absolute Gasteiger partial charge is 0.492 e. The molecule has 7 heteroatoms. The average molecular weight is 220 g/mol. The number of halogens is 1. The minimum atomic E-state index is -1.52. The van der Waals surface area contributed by atoms with Crippen molar-refractivity contribution in [2.24, 2.45) is 0 Å². The van der Waals surface area contributed by atoms with Crippen LogP contribution in [0.1, 0.15) is 19.3 Å². The minimum Gasteiger partial charge on any atom is -0.492 e. The number of carboxylic acid groups (broad SMARTS) is 2. The molecule has 5 nitrogen and oxygen atoms in total. The summed E-state index contributed by atoms with van der Waals surface area (Å²) in [6.45, 7) is 0.